The first-order valence-electron chi connectivity index (χ1n) is 9.19. The second-order valence-corrected chi connectivity index (χ2v) is 6.69. The normalized spacial score (nSPS) is 12.9. The molecule has 3 aromatic rings. The molecule has 2 N–H and O–H groups in total. The van der Waals surface area contributed by atoms with E-state index in [9.17, 15) is 4.79 Å². The van der Waals surface area contributed by atoms with Crippen molar-refractivity contribution in [2.45, 2.75) is 45.2 Å². The van der Waals surface area contributed by atoms with Crippen molar-refractivity contribution in [2.24, 2.45) is 0 Å². The lowest BCUT2D eigenvalue weighted by Gasteiger charge is -2.09. The Morgan fingerprint density at radius 1 is 1.23 bits per heavy atom. The SMILES string of the molecule is O=C(NCc1nccn1CCCc1ccccc1)c1n[nH]c2c1CCC2. The van der Waals surface area contributed by atoms with E-state index < -0.39 is 0 Å². The molecular formula is C20H23N5O. The molecule has 1 aliphatic carbocycles. The molecule has 2 aromatic heterocycles. The fraction of sp³-hybridized carbons (Fsp3) is 0.350. The molecule has 1 aliphatic rings. The monoisotopic (exact) mass is 349 g/mol. The number of fused-ring (bicyclic) bond motifs is 1. The zero-order valence-corrected chi connectivity index (χ0v) is 14.7. The zero-order chi connectivity index (χ0) is 17.8. The second kappa shape index (κ2) is 7.56. The van der Waals surface area contributed by atoms with E-state index in [1.54, 1.807) is 6.20 Å². The number of benzene rings is 1. The topological polar surface area (TPSA) is 75.6 Å². The number of amides is 1. The maximum atomic E-state index is 12.4. The van der Waals surface area contributed by atoms with E-state index in [2.05, 4.69) is 49.3 Å². The van der Waals surface area contributed by atoms with Crippen molar-refractivity contribution in [1.29, 1.82) is 0 Å². The summed E-state index contributed by atoms with van der Waals surface area (Å²) >= 11 is 0. The minimum absolute atomic E-state index is 0.122. The summed E-state index contributed by atoms with van der Waals surface area (Å²) in [5.41, 5.74) is 4.07. The minimum Gasteiger partial charge on any atom is -0.343 e. The van der Waals surface area contributed by atoms with Crippen LogP contribution in [0.2, 0.25) is 0 Å². The van der Waals surface area contributed by atoms with E-state index in [1.165, 1.54) is 5.56 Å². The number of carbonyl (C=O) groups excluding carboxylic acids is 1. The number of H-pyrrole nitrogens is 1. The minimum atomic E-state index is -0.122. The molecule has 1 aromatic carbocycles. The van der Waals surface area contributed by atoms with Crippen molar-refractivity contribution in [1.82, 2.24) is 25.1 Å². The van der Waals surface area contributed by atoms with Crippen molar-refractivity contribution in [3.8, 4) is 0 Å². The maximum Gasteiger partial charge on any atom is 0.272 e. The third kappa shape index (κ3) is 3.54. The van der Waals surface area contributed by atoms with Gasteiger partial charge in [-0.05, 0) is 37.7 Å². The fourth-order valence-electron chi connectivity index (χ4n) is 3.56. The Bertz CT molecular complexity index is 881. The third-order valence-corrected chi connectivity index (χ3v) is 4.94. The molecule has 6 nitrogen and oxygen atoms in total. The molecular weight excluding hydrogens is 326 g/mol. The summed E-state index contributed by atoms with van der Waals surface area (Å²) in [5, 5.41) is 10.1. The molecule has 0 atom stereocenters. The number of nitrogens with zero attached hydrogens (tertiary/aromatic N) is 3. The third-order valence-electron chi connectivity index (χ3n) is 4.94. The van der Waals surface area contributed by atoms with Crippen LogP contribution in [0.1, 0.15) is 46.0 Å². The van der Waals surface area contributed by atoms with Crippen LogP contribution in [0.5, 0.6) is 0 Å². The highest BCUT2D eigenvalue weighted by Gasteiger charge is 2.22. The fourth-order valence-corrected chi connectivity index (χ4v) is 3.56. The predicted octanol–water partition coefficient (Wildman–Crippen LogP) is 2.66. The molecule has 0 spiro atoms. The molecule has 4 rings (SSSR count). The summed E-state index contributed by atoms with van der Waals surface area (Å²) in [7, 11) is 0. The largest absolute Gasteiger partial charge is 0.343 e. The number of aromatic nitrogens is 4. The van der Waals surface area contributed by atoms with E-state index in [-0.39, 0.29) is 5.91 Å². The summed E-state index contributed by atoms with van der Waals surface area (Å²) in [6.45, 7) is 1.30. The summed E-state index contributed by atoms with van der Waals surface area (Å²) in [5.74, 6) is 0.752. The first kappa shape index (κ1) is 16.6. The van der Waals surface area contributed by atoms with E-state index in [4.69, 9.17) is 0 Å². The van der Waals surface area contributed by atoms with Gasteiger partial charge >= 0.3 is 0 Å². The molecule has 0 unspecified atom stereocenters. The molecule has 0 aliphatic heterocycles. The Hall–Kier alpha value is -2.89. The lowest BCUT2D eigenvalue weighted by Crippen LogP contribution is -2.26. The Balaban J connectivity index is 1.31. The van der Waals surface area contributed by atoms with Gasteiger partial charge in [0.1, 0.15) is 5.82 Å². The van der Waals surface area contributed by atoms with E-state index >= 15 is 0 Å². The van der Waals surface area contributed by atoms with Gasteiger partial charge in [0, 0.05) is 30.2 Å². The number of rotatable bonds is 7. The number of aryl methyl sites for hydroxylation is 3. The lowest BCUT2D eigenvalue weighted by atomic mass is 10.1. The molecule has 0 fully saturated rings. The molecule has 1 amide bonds. The van der Waals surface area contributed by atoms with Crippen LogP contribution in [0.4, 0.5) is 0 Å². The predicted molar refractivity (Wildman–Crippen MR) is 98.8 cm³/mol. The molecule has 6 heteroatoms. The molecule has 0 bridgehead atoms. The second-order valence-electron chi connectivity index (χ2n) is 6.69. The molecule has 134 valence electrons. The van der Waals surface area contributed by atoms with E-state index in [0.717, 1.165) is 55.7 Å². The Kier molecular flexibility index (Phi) is 4.82. The molecule has 0 radical (unpaired) electrons. The Morgan fingerprint density at radius 2 is 2.12 bits per heavy atom. The average Bonchev–Trinajstić information content (AvgIpc) is 3.37. The van der Waals surface area contributed by atoms with Crippen molar-refractivity contribution in [3.05, 3.63) is 71.1 Å². The van der Waals surface area contributed by atoms with Crippen LogP contribution in [0.15, 0.2) is 42.7 Å². The number of imidazole rings is 1. The lowest BCUT2D eigenvalue weighted by molar-refractivity contribution is 0.0943. The quantitative estimate of drug-likeness (QED) is 0.688. The van der Waals surface area contributed by atoms with E-state index in [1.807, 2.05) is 12.3 Å². The first-order valence-corrected chi connectivity index (χ1v) is 9.19. The number of hydrogen-bond donors (Lipinski definition) is 2. The van der Waals surface area contributed by atoms with Crippen LogP contribution in [0.25, 0.3) is 0 Å². The Morgan fingerprint density at radius 3 is 3.00 bits per heavy atom. The molecule has 0 saturated carbocycles. The molecule has 26 heavy (non-hydrogen) atoms. The van der Waals surface area contributed by atoms with Crippen molar-refractivity contribution >= 4 is 5.91 Å². The number of carbonyl (C=O) groups is 1. The van der Waals surface area contributed by atoms with Crippen molar-refractivity contribution in [3.63, 3.8) is 0 Å². The maximum absolute atomic E-state index is 12.4. The van der Waals surface area contributed by atoms with Crippen LogP contribution in [0.3, 0.4) is 0 Å². The first-order chi connectivity index (χ1) is 12.8. The summed E-state index contributed by atoms with van der Waals surface area (Å²) in [6.07, 6.45) is 8.84. The van der Waals surface area contributed by atoms with Gasteiger partial charge in [-0.2, -0.15) is 5.10 Å². The molecule has 2 heterocycles. The van der Waals surface area contributed by atoms with Crippen LogP contribution in [-0.2, 0) is 32.4 Å². The average molecular weight is 349 g/mol. The van der Waals surface area contributed by atoms with Gasteiger partial charge in [0.05, 0.1) is 6.54 Å². The van der Waals surface area contributed by atoms with Crippen molar-refractivity contribution in [2.75, 3.05) is 0 Å². The van der Waals surface area contributed by atoms with Gasteiger partial charge < -0.3 is 9.88 Å². The Labute approximate surface area is 152 Å². The van der Waals surface area contributed by atoms with Crippen LogP contribution in [0, 0.1) is 0 Å². The van der Waals surface area contributed by atoms with Gasteiger partial charge in [0.2, 0.25) is 0 Å². The van der Waals surface area contributed by atoms with E-state index in [0.29, 0.717) is 12.2 Å². The van der Waals surface area contributed by atoms with Crippen LogP contribution >= 0.6 is 0 Å². The van der Waals surface area contributed by atoms with Crippen LogP contribution in [-0.4, -0.2) is 25.7 Å². The smallest absolute Gasteiger partial charge is 0.272 e. The highest BCUT2D eigenvalue weighted by molar-refractivity contribution is 5.94. The zero-order valence-electron chi connectivity index (χ0n) is 14.7. The van der Waals surface area contributed by atoms with Gasteiger partial charge in [-0.15, -0.1) is 0 Å². The highest BCUT2D eigenvalue weighted by Crippen LogP contribution is 2.22. The van der Waals surface area contributed by atoms with Gasteiger partial charge in [-0.3, -0.25) is 9.89 Å². The summed E-state index contributed by atoms with van der Waals surface area (Å²) < 4.78 is 2.11. The number of aromatic amines is 1. The van der Waals surface area contributed by atoms with Crippen LogP contribution < -0.4 is 5.32 Å². The van der Waals surface area contributed by atoms with Gasteiger partial charge in [0.25, 0.3) is 5.91 Å². The number of hydrogen-bond acceptors (Lipinski definition) is 3. The van der Waals surface area contributed by atoms with Gasteiger partial charge in [-0.25, -0.2) is 4.98 Å². The standard InChI is InChI=1S/C20H23N5O/c26-20(19-16-9-4-10-17(16)23-24-19)22-14-18-21-11-13-25(18)12-5-8-15-6-2-1-3-7-15/h1-3,6-7,11,13H,4-5,8-10,12,14H2,(H,22,26)(H,23,24). The van der Waals surface area contributed by atoms with Gasteiger partial charge in [-0.1, -0.05) is 30.3 Å². The molecule has 0 saturated heterocycles. The summed E-state index contributed by atoms with van der Waals surface area (Å²) in [6, 6.07) is 10.5. The van der Waals surface area contributed by atoms with Crippen molar-refractivity contribution < 1.29 is 4.79 Å². The van der Waals surface area contributed by atoms with Gasteiger partial charge in [0.15, 0.2) is 5.69 Å². The summed E-state index contributed by atoms with van der Waals surface area (Å²) in [4.78, 5) is 16.8. The number of nitrogens with one attached hydrogen (secondary N) is 2. The highest BCUT2D eigenvalue weighted by atomic mass is 16.1.